The van der Waals surface area contributed by atoms with Crippen molar-refractivity contribution in [1.82, 2.24) is 4.98 Å². The maximum absolute atomic E-state index is 11.3. The van der Waals surface area contributed by atoms with Crippen molar-refractivity contribution in [2.45, 2.75) is 19.8 Å². The predicted molar refractivity (Wildman–Crippen MR) is 49.1 cm³/mol. The number of aryl methyl sites for hydroxylation is 1. The number of hydrogen-bond acceptors (Lipinski definition) is 3. The molecule has 0 unspecified atom stereocenters. The van der Waals surface area contributed by atoms with Crippen molar-refractivity contribution in [2.75, 3.05) is 0 Å². The Bertz CT molecular complexity index is 351. The summed E-state index contributed by atoms with van der Waals surface area (Å²) in [4.78, 5) is 15.6. The van der Waals surface area contributed by atoms with E-state index in [1.54, 1.807) is 11.3 Å². The van der Waals surface area contributed by atoms with Crippen LogP contribution in [0.5, 0.6) is 0 Å². The van der Waals surface area contributed by atoms with Gasteiger partial charge in [-0.05, 0) is 13.3 Å². The average Bonchev–Trinajstić information content (AvgIpc) is 2.58. The molecule has 0 saturated carbocycles. The van der Waals surface area contributed by atoms with Crippen LogP contribution in [0.4, 0.5) is 0 Å². The quantitative estimate of drug-likeness (QED) is 0.661. The topological polar surface area (TPSA) is 30.0 Å². The molecule has 2 rings (SSSR count). The van der Waals surface area contributed by atoms with Gasteiger partial charge in [0.15, 0.2) is 5.78 Å². The fraction of sp³-hybridized carbons (Fsp3) is 0.333. The third-order valence-electron chi connectivity index (χ3n) is 1.92. The number of nitrogens with zero attached hydrogens (tertiary/aromatic N) is 1. The number of aromatic nitrogens is 1. The second kappa shape index (κ2) is 2.83. The van der Waals surface area contributed by atoms with Crippen LogP contribution in [0.3, 0.4) is 0 Å². The van der Waals surface area contributed by atoms with Crippen LogP contribution >= 0.6 is 11.3 Å². The summed E-state index contributed by atoms with van der Waals surface area (Å²) in [7, 11) is 0. The fourth-order valence-electron chi connectivity index (χ4n) is 1.33. The fourth-order valence-corrected chi connectivity index (χ4v) is 1.94. The summed E-state index contributed by atoms with van der Waals surface area (Å²) in [5, 5.41) is 2.97. The van der Waals surface area contributed by atoms with Crippen LogP contribution in [0.25, 0.3) is 5.57 Å². The minimum Gasteiger partial charge on any atom is -0.294 e. The molecule has 0 N–H and O–H groups in total. The monoisotopic (exact) mass is 179 g/mol. The number of allylic oxidation sites excluding steroid dienone is 2. The zero-order chi connectivity index (χ0) is 8.55. The van der Waals surface area contributed by atoms with Crippen LogP contribution in [0.15, 0.2) is 11.5 Å². The Hall–Kier alpha value is -0.960. The summed E-state index contributed by atoms with van der Waals surface area (Å²) in [6.07, 6.45) is 3.52. The van der Waals surface area contributed by atoms with Crippen LogP contribution in [0.1, 0.15) is 23.5 Å². The third kappa shape index (κ3) is 1.20. The molecular formula is C9H9NOS. The number of carbonyl (C=O) groups is 1. The first-order chi connectivity index (χ1) is 5.77. The van der Waals surface area contributed by atoms with Crippen molar-refractivity contribution >= 4 is 22.7 Å². The Kier molecular flexibility index (Phi) is 1.81. The summed E-state index contributed by atoms with van der Waals surface area (Å²) in [6, 6.07) is 0. The van der Waals surface area contributed by atoms with Gasteiger partial charge >= 0.3 is 0 Å². The lowest BCUT2D eigenvalue weighted by Crippen LogP contribution is -1.94. The lowest BCUT2D eigenvalue weighted by molar-refractivity contribution is -0.113. The molecule has 0 radical (unpaired) electrons. The van der Waals surface area contributed by atoms with Gasteiger partial charge in [0.05, 0.1) is 10.7 Å². The molecule has 0 aliphatic heterocycles. The van der Waals surface area contributed by atoms with Crippen molar-refractivity contribution in [3.63, 3.8) is 0 Å². The second-order valence-electron chi connectivity index (χ2n) is 2.83. The molecule has 62 valence electrons. The van der Waals surface area contributed by atoms with Gasteiger partial charge < -0.3 is 0 Å². The van der Waals surface area contributed by atoms with Crippen LogP contribution in [-0.2, 0) is 4.79 Å². The molecule has 1 aromatic heterocycles. The maximum atomic E-state index is 11.3. The molecule has 2 nitrogen and oxygen atoms in total. The zero-order valence-corrected chi connectivity index (χ0v) is 7.65. The highest BCUT2D eigenvalue weighted by Gasteiger charge is 2.18. The van der Waals surface area contributed by atoms with Crippen LogP contribution in [0, 0.1) is 6.92 Å². The lowest BCUT2D eigenvalue weighted by atomic mass is 10.2. The van der Waals surface area contributed by atoms with E-state index in [1.165, 1.54) is 0 Å². The van der Waals surface area contributed by atoms with E-state index in [4.69, 9.17) is 0 Å². The molecular weight excluding hydrogens is 170 g/mol. The number of Topliss-reactive ketones (excluding diaryl/α,β-unsaturated/α-hetero) is 1. The smallest absolute Gasteiger partial charge is 0.165 e. The summed E-state index contributed by atoms with van der Waals surface area (Å²) in [5.74, 6) is 0.236. The first-order valence-corrected chi connectivity index (χ1v) is 4.81. The van der Waals surface area contributed by atoms with E-state index in [2.05, 4.69) is 4.98 Å². The molecule has 3 heteroatoms. The second-order valence-corrected chi connectivity index (χ2v) is 3.89. The van der Waals surface area contributed by atoms with Crippen molar-refractivity contribution < 1.29 is 4.79 Å². The van der Waals surface area contributed by atoms with Crippen molar-refractivity contribution in [1.29, 1.82) is 0 Å². The first kappa shape index (κ1) is 7.68. The van der Waals surface area contributed by atoms with Crippen molar-refractivity contribution in [3.8, 4) is 0 Å². The summed E-state index contributed by atoms with van der Waals surface area (Å²) in [6.45, 7) is 1.95. The highest BCUT2D eigenvalue weighted by atomic mass is 32.1. The molecule has 0 aromatic carbocycles. The van der Waals surface area contributed by atoms with E-state index in [9.17, 15) is 4.79 Å². The Morgan fingerprint density at radius 3 is 2.92 bits per heavy atom. The summed E-state index contributed by atoms with van der Waals surface area (Å²) in [5.41, 5.74) is 1.68. The molecule has 1 aliphatic rings. The number of ketones is 1. The molecule has 0 spiro atoms. The average molecular weight is 179 g/mol. The van der Waals surface area contributed by atoms with Gasteiger partial charge in [0.25, 0.3) is 0 Å². The molecule has 0 bridgehead atoms. The van der Waals surface area contributed by atoms with Gasteiger partial charge in [-0.25, -0.2) is 4.98 Å². The van der Waals surface area contributed by atoms with E-state index >= 15 is 0 Å². The lowest BCUT2D eigenvalue weighted by Gasteiger charge is -1.92. The van der Waals surface area contributed by atoms with Crippen molar-refractivity contribution in [2.24, 2.45) is 0 Å². The number of carbonyl (C=O) groups excluding carboxylic acids is 1. The molecule has 0 atom stereocenters. The molecule has 1 aliphatic carbocycles. The van der Waals surface area contributed by atoms with E-state index in [1.807, 2.05) is 18.4 Å². The van der Waals surface area contributed by atoms with Gasteiger partial charge in [-0.15, -0.1) is 11.3 Å². The van der Waals surface area contributed by atoms with Gasteiger partial charge in [0, 0.05) is 17.4 Å². The summed E-state index contributed by atoms with van der Waals surface area (Å²) >= 11 is 1.59. The van der Waals surface area contributed by atoms with E-state index in [0.717, 1.165) is 22.7 Å². The van der Waals surface area contributed by atoms with Crippen LogP contribution < -0.4 is 0 Å². The van der Waals surface area contributed by atoms with Gasteiger partial charge in [-0.2, -0.15) is 0 Å². The Labute approximate surface area is 74.9 Å². The molecule has 1 heterocycles. The highest BCUT2D eigenvalue weighted by molar-refractivity contribution is 7.09. The zero-order valence-electron chi connectivity index (χ0n) is 6.83. The largest absolute Gasteiger partial charge is 0.294 e. The normalized spacial score (nSPS) is 16.8. The minimum atomic E-state index is 0.236. The van der Waals surface area contributed by atoms with Gasteiger partial charge in [-0.1, -0.05) is 6.08 Å². The van der Waals surface area contributed by atoms with Gasteiger partial charge in [0.1, 0.15) is 0 Å². The number of thiazole rings is 1. The molecule has 0 fully saturated rings. The van der Waals surface area contributed by atoms with Gasteiger partial charge in [0.2, 0.25) is 0 Å². The van der Waals surface area contributed by atoms with E-state index in [0.29, 0.717) is 6.42 Å². The molecule has 0 amide bonds. The highest BCUT2D eigenvalue weighted by Crippen LogP contribution is 2.25. The third-order valence-corrected chi connectivity index (χ3v) is 2.69. The number of hydrogen-bond donors (Lipinski definition) is 0. The Balaban J connectivity index is 2.37. The predicted octanol–water partition coefficient (Wildman–Crippen LogP) is 2.20. The molecule has 12 heavy (non-hydrogen) atoms. The SMILES string of the molecule is Cc1nc(C2=CCCC2=O)cs1. The van der Waals surface area contributed by atoms with E-state index in [-0.39, 0.29) is 5.78 Å². The minimum absolute atomic E-state index is 0.236. The van der Waals surface area contributed by atoms with E-state index < -0.39 is 0 Å². The standard InChI is InChI=1S/C9H9NOS/c1-6-10-8(5-12-6)7-3-2-4-9(7)11/h3,5H,2,4H2,1H3. The Morgan fingerprint density at radius 2 is 2.42 bits per heavy atom. The first-order valence-electron chi connectivity index (χ1n) is 3.93. The van der Waals surface area contributed by atoms with Crippen LogP contribution in [0.2, 0.25) is 0 Å². The molecule has 0 saturated heterocycles. The summed E-state index contributed by atoms with van der Waals surface area (Å²) < 4.78 is 0. The van der Waals surface area contributed by atoms with Crippen molar-refractivity contribution in [3.05, 3.63) is 22.2 Å². The number of rotatable bonds is 1. The Morgan fingerprint density at radius 1 is 1.58 bits per heavy atom. The maximum Gasteiger partial charge on any atom is 0.165 e. The van der Waals surface area contributed by atoms with Crippen LogP contribution in [-0.4, -0.2) is 10.8 Å². The molecule has 1 aromatic rings. The van der Waals surface area contributed by atoms with Gasteiger partial charge in [-0.3, -0.25) is 4.79 Å².